The van der Waals surface area contributed by atoms with Gasteiger partial charge in [-0.1, -0.05) is 53.7 Å². The third kappa shape index (κ3) is 5.58. The van der Waals surface area contributed by atoms with Gasteiger partial charge in [0.2, 0.25) is 5.91 Å². The zero-order valence-electron chi connectivity index (χ0n) is 26.8. The zero-order valence-corrected chi connectivity index (χ0v) is 26.8. The number of hydrogen-bond acceptors (Lipinski definition) is 5. The Balaban J connectivity index is 1.25. The van der Waals surface area contributed by atoms with Crippen molar-refractivity contribution >= 4 is 5.91 Å². The summed E-state index contributed by atoms with van der Waals surface area (Å²) in [5.74, 6) is 4.11. The van der Waals surface area contributed by atoms with Gasteiger partial charge in [0.1, 0.15) is 6.61 Å². The van der Waals surface area contributed by atoms with Crippen LogP contribution in [0.3, 0.4) is 0 Å². The fourth-order valence-corrected chi connectivity index (χ4v) is 10.7. The first kappa shape index (κ1) is 31.5. The summed E-state index contributed by atoms with van der Waals surface area (Å²) in [6.07, 6.45) is 13.0. The second-order valence-electron chi connectivity index (χ2n) is 15.4. The molecule has 5 fully saturated rings. The van der Waals surface area contributed by atoms with Crippen molar-refractivity contribution in [1.82, 2.24) is 4.90 Å². The van der Waals surface area contributed by atoms with E-state index >= 15 is 0 Å². The molecule has 0 aromatic heterocycles. The molecule has 234 valence electrons. The summed E-state index contributed by atoms with van der Waals surface area (Å²) in [5, 5.41) is 23.9. The van der Waals surface area contributed by atoms with Gasteiger partial charge in [-0.15, -0.1) is 0 Å². The Labute approximate surface area is 249 Å². The van der Waals surface area contributed by atoms with Gasteiger partial charge >= 0.3 is 0 Å². The van der Waals surface area contributed by atoms with Crippen molar-refractivity contribution in [2.45, 2.75) is 117 Å². The van der Waals surface area contributed by atoms with Gasteiger partial charge in [0.25, 0.3) is 0 Å². The van der Waals surface area contributed by atoms with Gasteiger partial charge in [-0.25, -0.2) is 0 Å². The molecule has 4 saturated carbocycles. The van der Waals surface area contributed by atoms with Crippen molar-refractivity contribution in [1.29, 1.82) is 0 Å². The standard InChI is InChI=1S/C35H59NO5/c1-7-25(23(2)3)9-8-24(4)28-10-11-29-27-20-31(37)35(39)21-26(41-22-32(38)36-16-18-40-19-17-36)12-15-34(35,6)30(27)13-14-33(28,29)5/h8-9,23-31,37,39H,7,10-22H2,1-6H3/b9-8+/t24-,25-,26+,27+,28-,29+,30+,31-,33-,34-,35+/m1/s1. The van der Waals surface area contributed by atoms with E-state index < -0.39 is 11.7 Å². The monoisotopic (exact) mass is 573 g/mol. The number of rotatable bonds is 8. The minimum atomic E-state index is -1.16. The van der Waals surface area contributed by atoms with E-state index in [-0.39, 0.29) is 24.0 Å². The minimum Gasteiger partial charge on any atom is -0.390 e. The number of aliphatic hydroxyl groups excluding tert-OH is 1. The van der Waals surface area contributed by atoms with Crippen LogP contribution in [-0.4, -0.2) is 71.7 Å². The van der Waals surface area contributed by atoms with Crippen LogP contribution in [0.25, 0.3) is 0 Å². The Bertz CT molecular complexity index is 947. The highest BCUT2D eigenvalue weighted by atomic mass is 16.5. The van der Waals surface area contributed by atoms with Gasteiger partial charge in [-0.3, -0.25) is 4.79 Å². The van der Waals surface area contributed by atoms with Gasteiger partial charge in [0.15, 0.2) is 0 Å². The van der Waals surface area contributed by atoms with Crippen molar-refractivity contribution in [3.05, 3.63) is 12.2 Å². The average Bonchev–Trinajstić information content (AvgIpc) is 3.31. The molecular weight excluding hydrogens is 514 g/mol. The molecule has 1 aliphatic heterocycles. The number of ether oxygens (including phenoxy) is 2. The quantitative estimate of drug-likeness (QED) is 0.356. The van der Waals surface area contributed by atoms with Crippen molar-refractivity contribution in [3.8, 4) is 0 Å². The van der Waals surface area contributed by atoms with E-state index in [1.54, 1.807) is 0 Å². The lowest BCUT2D eigenvalue weighted by atomic mass is 9.42. The highest BCUT2D eigenvalue weighted by Gasteiger charge is 2.67. The summed E-state index contributed by atoms with van der Waals surface area (Å²) >= 11 is 0. The van der Waals surface area contributed by atoms with E-state index in [9.17, 15) is 15.0 Å². The van der Waals surface area contributed by atoms with Crippen LogP contribution in [0.2, 0.25) is 0 Å². The maximum atomic E-state index is 12.7. The lowest BCUT2D eigenvalue weighted by molar-refractivity contribution is -0.267. The summed E-state index contributed by atoms with van der Waals surface area (Å²) in [4.78, 5) is 14.5. The number of carbonyl (C=O) groups excluding carboxylic acids is 1. The SMILES string of the molecule is CC[C@H](/C=C/[C@@H](C)[C@H]1CC[C@H]2[C@@H]3C[C@@H](O)[C@@]4(O)C[C@@H](OCC(=O)N5CCOCC5)CC[C@]4(C)[C@H]3CC[C@]12C)C(C)C. The molecule has 0 aromatic rings. The molecule has 11 atom stereocenters. The Hall–Kier alpha value is -0.950. The Morgan fingerprint density at radius 3 is 2.46 bits per heavy atom. The summed E-state index contributed by atoms with van der Waals surface area (Å²) in [6.45, 7) is 16.7. The summed E-state index contributed by atoms with van der Waals surface area (Å²) in [5.41, 5.74) is -1.18. The van der Waals surface area contributed by atoms with E-state index in [1.807, 2.05) is 4.90 Å². The summed E-state index contributed by atoms with van der Waals surface area (Å²) < 4.78 is 11.5. The number of allylic oxidation sites excluding steroid dienone is 2. The Morgan fingerprint density at radius 1 is 1.05 bits per heavy atom. The molecule has 41 heavy (non-hydrogen) atoms. The first-order valence-electron chi connectivity index (χ1n) is 17.0. The molecule has 6 nitrogen and oxygen atoms in total. The van der Waals surface area contributed by atoms with Crippen LogP contribution in [-0.2, 0) is 14.3 Å². The molecule has 1 saturated heterocycles. The number of amides is 1. The van der Waals surface area contributed by atoms with Crippen LogP contribution in [0.15, 0.2) is 12.2 Å². The normalized spacial score (nSPS) is 44.4. The first-order valence-corrected chi connectivity index (χ1v) is 17.0. The molecular formula is C35H59NO5. The first-order chi connectivity index (χ1) is 19.4. The third-order valence-electron chi connectivity index (χ3n) is 13.3. The van der Waals surface area contributed by atoms with Crippen LogP contribution in [0.4, 0.5) is 0 Å². The lowest BCUT2D eigenvalue weighted by Crippen LogP contribution is -2.68. The molecule has 5 aliphatic rings. The minimum absolute atomic E-state index is 0.00118. The zero-order chi connectivity index (χ0) is 29.6. The number of carbonyl (C=O) groups is 1. The fraction of sp³-hybridized carbons (Fsp3) is 0.914. The molecule has 0 radical (unpaired) electrons. The van der Waals surface area contributed by atoms with E-state index in [2.05, 4.69) is 53.7 Å². The maximum absolute atomic E-state index is 12.7. The van der Waals surface area contributed by atoms with Crippen molar-refractivity contribution in [2.24, 2.45) is 52.3 Å². The van der Waals surface area contributed by atoms with Crippen molar-refractivity contribution in [2.75, 3.05) is 32.9 Å². The van der Waals surface area contributed by atoms with Gasteiger partial charge < -0.3 is 24.6 Å². The van der Waals surface area contributed by atoms with Gasteiger partial charge in [0, 0.05) is 24.9 Å². The molecule has 0 aromatic carbocycles. The van der Waals surface area contributed by atoms with E-state index in [4.69, 9.17) is 9.47 Å². The smallest absolute Gasteiger partial charge is 0.248 e. The molecule has 1 amide bonds. The topological polar surface area (TPSA) is 79.2 Å². The highest BCUT2D eigenvalue weighted by Crippen LogP contribution is 2.69. The van der Waals surface area contributed by atoms with Crippen molar-refractivity contribution < 1.29 is 24.5 Å². The van der Waals surface area contributed by atoms with Crippen molar-refractivity contribution in [3.63, 3.8) is 0 Å². The number of aliphatic hydroxyl groups is 2. The van der Waals surface area contributed by atoms with Crippen LogP contribution in [0.5, 0.6) is 0 Å². The number of nitrogens with zero attached hydrogens (tertiary/aromatic N) is 1. The van der Waals surface area contributed by atoms with Crippen LogP contribution in [0, 0.1) is 52.3 Å². The molecule has 4 aliphatic carbocycles. The number of fused-ring (bicyclic) bond motifs is 5. The van der Waals surface area contributed by atoms with Gasteiger partial charge in [0.05, 0.1) is 31.0 Å². The molecule has 0 unspecified atom stereocenters. The Kier molecular flexibility index (Phi) is 9.37. The van der Waals surface area contributed by atoms with E-state index in [0.717, 1.165) is 19.3 Å². The molecule has 0 bridgehead atoms. The number of hydrogen-bond donors (Lipinski definition) is 2. The summed E-state index contributed by atoms with van der Waals surface area (Å²) in [7, 11) is 0. The van der Waals surface area contributed by atoms with Crippen LogP contribution >= 0.6 is 0 Å². The third-order valence-corrected chi connectivity index (χ3v) is 13.3. The van der Waals surface area contributed by atoms with Gasteiger partial charge in [-0.05, 0) is 98.2 Å². The lowest BCUT2D eigenvalue weighted by Gasteiger charge is -2.65. The average molecular weight is 574 g/mol. The molecule has 5 rings (SSSR count). The molecule has 2 N–H and O–H groups in total. The maximum Gasteiger partial charge on any atom is 0.248 e. The molecule has 6 heteroatoms. The van der Waals surface area contributed by atoms with Crippen LogP contribution < -0.4 is 0 Å². The van der Waals surface area contributed by atoms with Gasteiger partial charge in [-0.2, -0.15) is 0 Å². The second kappa shape index (κ2) is 12.2. The summed E-state index contributed by atoms with van der Waals surface area (Å²) in [6, 6.07) is 0. The number of morpholine rings is 1. The fourth-order valence-electron chi connectivity index (χ4n) is 10.7. The van der Waals surface area contributed by atoms with Crippen LogP contribution in [0.1, 0.15) is 99.3 Å². The second-order valence-corrected chi connectivity index (χ2v) is 15.4. The predicted molar refractivity (Wildman–Crippen MR) is 162 cm³/mol. The molecule has 1 heterocycles. The largest absolute Gasteiger partial charge is 0.390 e. The van der Waals surface area contributed by atoms with E-state index in [0.29, 0.717) is 86.0 Å². The van der Waals surface area contributed by atoms with E-state index in [1.165, 1.54) is 25.7 Å². The molecule has 0 spiro atoms. The predicted octanol–water partition coefficient (Wildman–Crippen LogP) is 5.85. The Morgan fingerprint density at radius 2 is 1.78 bits per heavy atom. The highest BCUT2D eigenvalue weighted by molar-refractivity contribution is 5.77.